The van der Waals surface area contributed by atoms with Gasteiger partial charge in [0.05, 0.1) is 37.5 Å². The molecule has 2 aliphatic rings. The Bertz CT molecular complexity index is 1140. The van der Waals surface area contributed by atoms with Gasteiger partial charge in [0.1, 0.15) is 11.9 Å². The van der Waals surface area contributed by atoms with Crippen LogP contribution in [0.25, 0.3) is 5.57 Å². The predicted octanol–water partition coefficient (Wildman–Crippen LogP) is 6.49. The maximum atomic E-state index is 13.3. The first-order valence-electron chi connectivity index (χ1n) is 11.1. The molecule has 0 saturated carbocycles. The van der Waals surface area contributed by atoms with Crippen molar-refractivity contribution in [2.75, 3.05) is 26.9 Å². The van der Waals surface area contributed by atoms with Crippen molar-refractivity contribution in [1.82, 2.24) is 4.90 Å². The number of carbonyl (C=O) groups excluding carboxylic acids is 1. The predicted molar refractivity (Wildman–Crippen MR) is 117 cm³/mol. The van der Waals surface area contributed by atoms with Crippen LogP contribution in [0.2, 0.25) is 0 Å². The third-order valence-corrected chi connectivity index (χ3v) is 6.32. The maximum Gasteiger partial charge on any atom is 0.416 e. The van der Waals surface area contributed by atoms with Gasteiger partial charge in [0.25, 0.3) is 0 Å². The Morgan fingerprint density at radius 3 is 2.28 bits per heavy atom. The Labute approximate surface area is 203 Å². The summed E-state index contributed by atoms with van der Waals surface area (Å²) >= 11 is 0. The van der Waals surface area contributed by atoms with Crippen molar-refractivity contribution in [1.29, 1.82) is 0 Å². The van der Waals surface area contributed by atoms with Crippen molar-refractivity contribution >= 4 is 11.7 Å². The minimum Gasteiger partial charge on any atom is -0.496 e. The molecule has 0 radical (unpaired) electrons. The molecule has 36 heavy (non-hydrogen) atoms. The lowest BCUT2D eigenvalue weighted by atomic mass is 9.94. The van der Waals surface area contributed by atoms with E-state index in [0.29, 0.717) is 30.9 Å². The molecule has 0 bridgehead atoms. The summed E-state index contributed by atoms with van der Waals surface area (Å²) in [5.74, 6) is 0.630. The van der Waals surface area contributed by atoms with Gasteiger partial charge in [-0.3, -0.25) is 4.90 Å². The molecule has 1 saturated heterocycles. The summed E-state index contributed by atoms with van der Waals surface area (Å²) in [5.41, 5.74) is -0.829. The van der Waals surface area contributed by atoms with Crippen LogP contribution in [-0.2, 0) is 21.8 Å². The molecule has 0 N–H and O–H groups in total. The highest BCUT2D eigenvalue weighted by Gasteiger charge is 2.43. The van der Waals surface area contributed by atoms with E-state index >= 15 is 0 Å². The quantitative estimate of drug-likeness (QED) is 0.428. The van der Waals surface area contributed by atoms with Crippen LogP contribution in [0.15, 0.2) is 48.0 Å². The molecule has 2 heterocycles. The largest absolute Gasteiger partial charge is 0.496 e. The van der Waals surface area contributed by atoms with E-state index in [4.69, 9.17) is 14.2 Å². The number of hydrogen-bond donors (Lipinski definition) is 0. The van der Waals surface area contributed by atoms with Crippen LogP contribution in [0.3, 0.4) is 0 Å². The number of methoxy groups -OCH3 is 1. The molecule has 194 valence electrons. The summed E-state index contributed by atoms with van der Waals surface area (Å²) in [6, 6.07) is 7.72. The number of para-hydroxylation sites is 1. The summed E-state index contributed by atoms with van der Waals surface area (Å²) in [6.45, 7) is 2.21. The third-order valence-electron chi connectivity index (χ3n) is 6.32. The van der Waals surface area contributed by atoms with Crippen LogP contribution in [0, 0.1) is 0 Å². The van der Waals surface area contributed by atoms with E-state index in [0.717, 1.165) is 16.7 Å². The number of hydrogen-bond acceptors (Lipinski definition) is 4. The van der Waals surface area contributed by atoms with Gasteiger partial charge < -0.3 is 14.2 Å². The van der Waals surface area contributed by atoms with E-state index in [1.54, 1.807) is 6.07 Å². The fraction of sp³-hybridized carbons (Fsp3) is 0.400. The standard InChI is InChI=1S/C25H23F6NO4/c1-14-22(15-9-17(24(26,27)28)11-18(10-15)25(29,30)31)36-23(33)32(14)12-16-13-35-8-7-19(16)20-5-3-4-6-21(20)34-2/h3-6,9-11,14,22H,7-8,12-13H2,1-2H3/t14-,22-/m0/s1. The highest BCUT2D eigenvalue weighted by molar-refractivity contribution is 5.76. The highest BCUT2D eigenvalue weighted by atomic mass is 19.4. The third kappa shape index (κ3) is 5.16. The molecule has 2 aromatic rings. The molecular formula is C25H23F6NO4. The van der Waals surface area contributed by atoms with Crippen LogP contribution in [0.4, 0.5) is 31.1 Å². The molecule has 4 rings (SSSR count). The summed E-state index contributed by atoms with van der Waals surface area (Å²) in [6.07, 6.45) is -11.6. The van der Waals surface area contributed by atoms with Gasteiger partial charge in [-0.2, -0.15) is 26.3 Å². The number of halogens is 6. The van der Waals surface area contributed by atoms with Crippen molar-refractivity contribution < 1.29 is 45.3 Å². The minimum atomic E-state index is -5.00. The Hall–Kier alpha value is -3.21. The average molecular weight is 515 g/mol. The number of cyclic esters (lactones) is 1. The van der Waals surface area contributed by atoms with Gasteiger partial charge in [-0.05, 0) is 54.3 Å². The van der Waals surface area contributed by atoms with E-state index in [1.807, 2.05) is 18.2 Å². The van der Waals surface area contributed by atoms with Crippen molar-refractivity contribution in [3.63, 3.8) is 0 Å². The smallest absolute Gasteiger partial charge is 0.416 e. The summed E-state index contributed by atoms with van der Waals surface area (Å²) < 4.78 is 96.3. The van der Waals surface area contributed by atoms with E-state index in [1.165, 1.54) is 18.9 Å². The molecular weight excluding hydrogens is 492 g/mol. The fourth-order valence-corrected chi connectivity index (χ4v) is 4.50. The van der Waals surface area contributed by atoms with Crippen LogP contribution in [-0.4, -0.2) is 43.9 Å². The fourth-order valence-electron chi connectivity index (χ4n) is 4.50. The molecule has 0 aromatic heterocycles. The first-order chi connectivity index (χ1) is 16.9. The molecule has 11 heteroatoms. The van der Waals surface area contributed by atoms with Gasteiger partial charge >= 0.3 is 18.4 Å². The van der Waals surface area contributed by atoms with Gasteiger partial charge in [-0.1, -0.05) is 18.2 Å². The minimum absolute atomic E-state index is 0.0367. The van der Waals surface area contributed by atoms with Gasteiger partial charge in [0.15, 0.2) is 0 Å². The number of benzene rings is 2. The van der Waals surface area contributed by atoms with Crippen molar-refractivity contribution in [3.8, 4) is 5.75 Å². The van der Waals surface area contributed by atoms with Crippen molar-refractivity contribution in [2.24, 2.45) is 0 Å². The number of alkyl halides is 6. The SMILES string of the molecule is COc1ccccc1C1=C(CN2C(=O)O[C@H](c3cc(C(F)(F)F)cc(C(F)(F)F)c3)[C@@H]2C)COCC1. The van der Waals surface area contributed by atoms with Crippen LogP contribution < -0.4 is 4.74 Å². The molecule has 1 fully saturated rings. The molecule has 0 spiro atoms. The Kier molecular flexibility index (Phi) is 6.96. The van der Waals surface area contributed by atoms with Crippen LogP contribution in [0.5, 0.6) is 5.75 Å². The second kappa shape index (κ2) is 9.68. The number of amides is 1. The molecule has 2 aromatic carbocycles. The normalized spacial score (nSPS) is 21.1. The number of carbonyl (C=O) groups is 1. The van der Waals surface area contributed by atoms with E-state index in [-0.39, 0.29) is 24.8 Å². The summed E-state index contributed by atoms with van der Waals surface area (Å²) in [7, 11) is 1.53. The molecule has 0 aliphatic carbocycles. The van der Waals surface area contributed by atoms with Gasteiger partial charge in [-0.25, -0.2) is 4.79 Å². The average Bonchev–Trinajstić information content (AvgIpc) is 3.11. The van der Waals surface area contributed by atoms with E-state index < -0.39 is 41.7 Å². The Morgan fingerprint density at radius 1 is 1.03 bits per heavy atom. The molecule has 2 aliphatic heterocycles. The molecule has 2 atom stereocenters. The second-order valence-electron chi connectivity index (χ2n) is 8.60. The van der Waals surface area contributed by atoms with Crippen molar-refractivity contribution in [2.45, 2.75) is 37.8 Å². The topological polar surface area (TPSA) is 48.0 Å². The van der Waals surface area contributed by atoms with Gasteiger partial charge in [0.2, 0.25) is 0 Å². The van der Waals surface area contributed by atoms with Crippen molar-refractivity contribution in [3.05, 3.63) is 70.3 Å². The first kappa shape index (κ1) is 25.9. The second-order valence-corrected chi connectivity index (χ2v) is 8.60. The van der Waals surface area contributed by atoms with Crippen LogP contribution >= 0.6 is 0 Å². The lowest BCUT2D eigenvalue weighted by Crippen LogP contribution is -2.35. The monoisotopic (exact) mass is 515 g/mol. The zero-order chi connectivity index (χ0) is 26.3. The lowest BCUT2D eigenvalue weighted by Gasteiger charge is -2.27. The van der Waals surface area contributed by atoms with E-state index in [2.05, 4.69) is 0 Å². The van der Waals surface area contributed by atoms with E-state index in [9.17, 15) is 31.1 Å². The zero-order valence-corrected chi connectivity index (χ0v) is 19.4. The number of rotatable bonds is 5. The van der Waals surface area contributed by atoms with Crippen LogP contribution in [0.1, 0.15) is 41.7 Å². The maximum absolute atomic E-state index is 13.3. The Balaban J connectivity index is 1.68. The summed E-state index contributed by atoms with van der Waals surface area (Å²) in [5, 5.41) is 0. The molecule has 1 amide bonds. The number of nitrogens with zero attached hydrogens (tertiary/aromatic N) is 1. The van der Waals surface area contributed by atoms with Gasteiger partial charge in [-0.15, -0.1) is 0 Å². The van der Waals surface area contributed by atoms with Gasteiger partial charge in [0, 0.05) is 12.1 Å². The Morgan fingerprint density at radius 2 is 1.67 bits per heavy atom. The highest BCUT2D eigenvalue weighted by Crippen LogP contribution is 2.41. The number of ether oxygens (including phenoxy) is 3. The summed E-state index contributed by atoms with van der Waals surface area (Å²) in [4.78, 5) is 14.0. The lowest BCUT2D eigenvalue weighted by molar-refractivity contribution is -0.143. The molecule has 5 nitrogen and oxygen atoms in total. The zero-order valence-electron chi connectivity index (χ0n) is 19.4. The first-order valence-corrected chi connectivity index (χ1v) is 11.1. The molecule has 0 unspecified atom stereocenters.